The first-order chi connectivity index (χ1) is 10.3. The number of nitrogens with zero attached hydrogens (tertiary/aromatic N) is 1. The number of phenolic OH excluding ortho intramolecular Hbond substituents is 1. The van der Waals surface area contributed by atoms with Crippen LogP contribution in [0, 0.1) is 0 Å². The molecule has 0 spiro atoms. The molecule has 0 fully saturated rings. The SMILES string of the molecule is Oc1c(C2=NN[C@H](c3cccs3)C2)ccc2ccccc12. The highest BCUT2D eigenvalue weighted by molar-refractivity contribution is 7.10. The van der Waals surface area contributed by atoms with Crippen LogP contribution in [0.5, 0.6) is 5.75 Å². The van der Waals surface area contributed by atoms with Gasteiger partial charge in [-0.2, -0.15) is 5.10 Å². The van der Waals surface area contributed by atoms with Gasteiger partial charge in [-0.1, -0.05) is 36.4 Å². The zero-order valence-electron chi connectivity index (χ0n) is 11.3. The normalized spacial score (nSPS) is 17.7. The minimum atomic E-state index is 0.214. The third-order valence-electron chi connectivity index (χ3n) is 3.85. The van der Waals surface area contributed by atoms with E-state index in [2.05, 4.69) is 22.0 Å². The van der Waals surface area contributed by atoms with Crippen molar-refractivity contribution in [1.82, 2.24) is 5.43 Å². The number of hydrogen-bond acceptors (Lipinski definition) is 4. The molecule has 3 nitrogen and oxygen atoms in total. The number of phenols is 1. The lowest BCUT2D eigenvalue weighted by Gasteiger charge is -2.08. The molecule has 0 saturated carbocycles. The molecule has 1 aliphatic heterocycles. The van der Waals surface area contributed by atoms with Gasteiger partial charge in [-0.25, -0.2) is 0 Å². The first-order valence-corrected chi connectivity index (χ1v) is 7.77. The van der Waals surface area contributed by atoms with Gasteiger partial charge >= 0.3 is 0 Å². The van der Waals surface area contributed by atoms with E-state index in [1.54, 1.807) is 11.3 Å². The van der Waals surface area contributed by atoms with E-state index in [9.17, 15) is 5.11 Å². The first-order valence-electron chi connectivity index (χ1n) is 6.89. The number of aromatic hydroxyl groups is 1. The summed E-state index contributed by atoms with van der Waals surface area (Å²) < 4.78 is 0. The van der Waals surface area contributed by atoms with Gasteiger partial charge in [0, 0.05) is 22.2 Å². The monoisotopic (exact) mass is 294 g/mol. The summed E-state index contributed by atoms with van der Waals surface area (Å²) >= 11 is 1.73. The second kappa shape index (κ2) is 4.90. The van der Waals surface area contributed by atoms with Crippen LogP contribution in [0.15, 0.2) is 59.0 Å². The number of fused-ring (bicyclic) bond motifs is 1. The second-order valence-corrected chi connectivity index (χ2v) is 6.12. The van der Waals surface area contributed by atoms with Crippen molar-refractivity contribution in [3.63, 3.8) is 0 Å². The van der Waals surface area contributed by atoms with Crippen LogP contribution in [0.3, 0.4) is 0 Å². The van der Waals surface area contributed by atoms with E-state index in [4.69, 9.17) is 0 Å². The minimum absolute atomic E-state index is 0.214. The summed E-state index contributed by atoms with van der Waals surface area (Å²) in [6.07, 6.45) is 0.798. The van der Waals surface area contributed by atoms with Crippen LogP contribution in [0.1, 0.15) is 22.9 Å². The molecule has 1 aromatic heterocycles. The average molecular weight is 294 g/mol. The highest BCUT2D eigenvalue weighted by Gasteiger charge is 2.24. The summed E-state index contributed by atoms with van der Waals surface area (Å²) in [6.45, 7) is 0. The third-order valence-corrected chi connectivity index (χ3v) is 4.84. The van der Waals surface area contributed by atoms with Crippen molar-refractivity contribution in [2.75, 3.05) is 0 Å². The molecule has 2 aromatic carbocycles. The number of nitrogens with one attached hydrogen (secondary N) is 1. The Morgan fingerprint density at radius 3 is 2.86 bits per heavy atom. The smallest absolute Gasteiger partial charge is 0.132 e. The van der Waals surface area contributed by atoms with Crippen LogP contribution in [0.2, 0.25) is 0 Å². The summed E-state index contributed by atoms with van der Waals surface area (Å²) in [5.41, 5.74) is 4.90. The van der Waals surface area contributed by atoms with Gasteiger partial charge in [0.2, 0.25) is 0 Å². The third kappa shape index (κ3) is 2.08. The van der Waals surface area contributed by atoms with Crippen LogP contribution >= 0.6 is 11.3 Å². The largest absolute Gasteiger partial charge is 0.507 e. The molecule has 0 aliphatic carbocycles. The molecular formula is C17H14N2OS. The molecular weight excluding hydrogens is 280 g/mol. The summed E-state index contributed by atoms with van der Waals surface area (Å²) in [5, 5.41) is 18.9. The zero-order valence-corrected chi connectivity index (χ0v) is 12.1. The molecule has 1 aliphatic rings. The maximum atomic E-state index is 10.5. The van der Waals surface area contributed by atoms with E-state index < -0.39 is 0 Å². The van der Waals surface area contributed by atoms with Crippen molar-refractivity contribution in [3.8, 4) is 5.75 Å². The number of rotatable bonds is 2. The summed E-state index contributed by atoms with van der Waals surface area (Å²) in [6, 6.07) is 16.2. The Hall–Kier alpha value is -2.33. The Morgan fingerprint density at radius 1 is 1.10 bits per heavy atom. The first kappa shape index (κ1) is 12.4. The van der Waals surface area contributed by atoms with E-state index in [-0.39, 0.29) is 6.04 Å². The van der Waals surface area contributed by atoms with Crippen LogP contribution in [0.25, 0.3) is 10.8 Å². The molecule has 3 aromatic rings. The molecule has 4 rings (SSSR count). The summed E-state index contributed by atoms with van der Waals surface area (Å²) in [7, 11) is 0. The van der Waals surface area contributed by atoms with Gasteiger partial charge < -0.3 is 10.5 Å². The van der Waals surface area contributed by atoms with Gasteiger partial charge in [0.25, 0.3) is 0 Å². The van der Waals surface area contributed by atoms with Gasteiger partial charge in [0.05, 0.1) is 11.8 Å². The molecule has 1 atom stereocenters. The molecule has 104 valence electrons. The van der Waals surface area contributed by atoms with E-state index in [1.165, 1.54) is 4.88 Å². The number of hydrogen-bond donors (Lipinski definition) is 2. The standard InChI is InChI=1S/C17H14N2OS/c20-17-12-5-2-1-4-11(12)7-8-13(17)14-10-15(19-18-14)16-6-3-9-21-16/h1-9,15,19-20H,10H2/t15-/m0/s1. The van der Waals surface area contributed by atoms with Crippen LogP contribution in [-0.4, -0.2) is 10.8 Å². The summed E-state index contributed by atoms with van der Waals surface area (Å²) in [5.74, 6) is 0.320. The molecule has 0 radical (unpaired) electrons. The second-order valence-electron chi connectivity index (χ2n) is 5.14. The number of benzene rings is 2. The highest BCUT2D eigenvalue weighted by Crippen LogP contribution is 2.33. The van der Waals surface area contributed by atoms with Crippen molar-refractivity contribution in [3.05, 3.63) is 64.4 Å². The van der Waals surface area contributed by atoms with Gasteiger partial charge in [0.1, 0.15) is 5.75 Å². The van der Waals surface area contributed by atoms with Crippen LogP contribution < -0.4 is 5.43 Å². The van der Waals surface area contributed by atoms with E-state index in [1.807, 2.05) is 42.5 Å². The number of hydrazone groups is 1. The van der Waals surface area contributed by atoms with E-state index in [0.717, 1.165) is 28.5 Å². The van der Waals surface area contributed by atoms with Gasteiger partial charge in [-0.15, -0.1) is 11.3 Å². The maximum Gasteiger partial charge on any atom is 0.132 e. The van der Waals surface area contributed by atoms with Crippen molar-refractivity contribution < 1.29 is 5.11 Å². The number of thiophene rings is 1. The molecule has 0 saturated heterocycles. The average Bonchev–Trinajstić information content (AvgIpc) is 3.19. The van der Waals surface area contributed by atoms with Crippen molar-refractivity contribution in [1.29, 1.82) is 0 Å². The molecule has 0 unspecified atom stereocenters. The van der Waals surface area contributed by atoms with E-state index in [0.29, 0.717) is 5.75 Å². The fourth-order valence-electron chi connectivity index (χ4n) is 2.75. The minimum Gasteiger partial charge on any atom is -0.507 e. The van der Waals surface area contributed by atoms with E-state index >= 15 is 0 Å². The highest BCUT2D eigenvalue weighted by atomic mass is 32.1. The molecule has 4 heteroatoms. The fourth-order valence-corrected chi connectivity index (χ4v) is 3.52. The van der Waals surface area contributed by atoms with Crippen LogP contribution in [0.4, 0.5) is 0 Å². The zero-order chi connectivity index (χ0) is 14.2. The Labute approximate surface area is 126 Å². The van der Waals surface area contributed by atoms with Crippen LogP contribution in [-0.2, 0) is 0 Å². The predicted molar refractivity (Wildman–Crippen MR) is 87.0 cm³/mol. The maximum absolute atomic E-state index is 10.5. The molecule has 0 amide bonds. The Morgan fingerprint density at radius 2 is 2.00 bits per heavy atom. The molecule has 0 bridgehead atoms. The lowest BCUT2D eigenvalue weighted by Crippen LogP contribution is -2.07. The molecule has 2 N–H and O–H groups in total. The topological polar surface area (TPSA) is 44.6 Å². The molecule has 21 heavy (non-hydrogen) atoms. The molecule has 2 heterocycles. The Balaban J connectivity index is 1.70. The predicted octanol–water partition coefficient (Wildman–Crippen LogP) is 4.05. The Kier molecular flexibility index (Phi) is 2.89. The lowest BCUT2D eigenvalue weighted by molar-refractivity contribution is 0.480. The summed E-state index contributed by atoms with van der Waals surface area (Å²) in [4.78, 5) is 1.27. The van der Waals surface area contributed by atoms with Crippen molar-refractivity contribution >= 4 is 27.8 Å². The lowest BCUT2D eigenvalue weighted by atomic mass is 9.99. The van der Waals surface area contributed by atoms with Gasteiger partial charge in [-0.05, 0) is 22.9 Å². The van der Waals surface area contributed by atoms with Gasteiger partial charge in [-0.3, -0.25) is 0 Å². The van der Waals surface area contributed by atoms with Crippen molar-refractivity contribution in [2.45, 2.75) is 12.5 Å². The Bertz CT molecular complexity index is 824. The van der Waals surface area contributed by atoms with Gasteiger partial charge in [0.15, 0.2) is 0 Å². The fraction of sp³-hybridized carbons (Fsp3) is 0.118. The quantitative estimate of drug-likeness (QED) is 0.749. The van der Waals surface area contributed by atoms with Crippen molar-refractivity contribution in [2.24, 2.45) is 5.10 Å².